The summed E-state index contributed by atoms with van der Waals surface area (Å²) >= 11 is 1.69. The predicted octanol–water partition coefficient (Wildman–Crippen LogP) is 2.25. The van der Waals surface area contributed by atoms with Crippen molar-refractivity contribution in [3.63, 3.8) is 0 Å². The molecule has 3 N–H and O–H groups in total. The van der Waals surface area contributed by atoms with Crippen molar-refractivity contribution in [2.75, 3.05) is 6.54 Å². The highest BCUT2D eigenvalue weighted by Gasteiger charge is 2.16. The number of nitrogens with one attached hydrogen (secondary N) is 1. The number of thiazole rings is 1. The number of rotatable bonds is 5. The van der Waals surface area contributed by atoms with E-state index in [1.165, 1.54) is 4.88 Å². The third-order valence-electron chi connectivity index (χ3n) is 2.85. The molecule has 112 valence electrons. The lowest BCUT2D eigenvalue weighted by atomic mass is 10.0. The smallest absolute Gasteiger partial charge is 0.224 e. The minimum Gasteiger partial charge on any atom is -0.355 e. The van der Waals surface area contributed by atoms with Gasteiger partial charge in [-0.25, -0.2) is 4.98 Å². The van der Waals surface area contributed by atoms with Crippen molar-refractivity contribution in [1.82, 2.24) is 10.3 Å². The van der Waals surface area contributed by atoms with Gasteiger partial charge in [0.05, 0.1) is 10.7 Å². The molecule has 2 atom stereocenters. The molecule has 1 aromatic heterocycles. The van der Waals surface area contributed by atoms with Gasteiger partial charge in [0.1, 0.15) is 0 Å². The van der Waals surface area contributed by atoms with E-state index in [1.807, 2.05) is 27.7 Å². The van der Waals surface area contributed by atoms with Gasteiger partial charge in [-0.3, -0.25) is 4.79 Å². The first-order valence-corrected chi connectivity index (χ1v) is 6.69. The Morgan fingerprint density at radius 2 is 1.95 bits per heavy atom. The molecule has 1 heterocycles. The normalized spacial score (nSPS) is 12.9. The molecule has 0 aliphatic heterocycles. The van der Waals surface area contributed by atoms with Crippen LogP contribution in [0.25, 0.3) is 0 Å². The molecule has 19 heavy (non-hydrogen) atoms. The lowest BCUT2D eigenvalue weighted by Crippen LogP contribution is -2.39. The molecule has 0 aliphatic rings. The SMILES string of the molecule is Cc1nc(C)c(CCNC(=O)C(C)C(C)N)s1.Cl.Cl. The third-order valence-corrected chi connectivity index (χ3v) is 3.99. The molecule has 7 heteroatoms. The van der Waals surface area contributed by atoms with E-state index in [-0.39, 0.29) is 42.7 Å². The minimum absolute atomic E-state index is 0. The van der Waals surface area contributed by atoms with Crippen LogP contribution in [-0.4, -0.2) is 23.5 Å². The second-order valence-electron chi connectivity index (χ2n) is 4.43. The summed E-state index contributed by atoms with van der Waals surface area (Å²) in [5.74, 6) is -0.113. The van der Waals surface area contributed by atoms with E-state index in [9.17, 15) is 4.79 Å². The first-order chi connectivity index (χ1) is 7.91. The Bertz CT molecular complexity index is 396. The van der Waals surface area contributed by atoms with Gasteiger partial charge in [0, 0.05) is 29.8 Å². The van der Waals surface area contributed by atoms with Crippen molar-refractivity contribution in [2.45, 2.75) is 40.2 Å². The first kappa shape index (κ1) is 20.9. The van der Waals surface area contributed by atoms with Gasteiger partial charge < -0.3 is 11.1 Å². The van der Waals surface area contributed by atoms with Gasteiger partial charge in [0.25, 0.3) is 0 Å². The van der Waals surface area contributed by atoms with Crippen LogP contribution in [0.1, 0.15) is 29.4 Å². The van der Waals surface area contributed by atoms with Crippen LogP contribution in [0.3, 0.4) is 0 Å². The summed E-state index contributed by atoms with van der Waals surface area (Å²) in [7, 11) is 0. The van der Waals surface area contributed by atoms with Gasteiger partial charge in [-0.05, 0) is 20.8 Å². The van der Waals surface area contributed by atoms with Gasteiger partial charge in [0.2, 0.25) is 5.91 Å². The largest absolute Gasteiger partial charge is 0.355 e. The molecule has 0 radical (unpaired) electrons. The van der Waals surface area contributed by atoms with E-state index in [0.717, 1.165) is 17.1 Å². The Morgan fingerprint density at radius 1 is 1.37 bits per heavy atom. The number of nitrogens with zero attached hydrogens (tertiary/aromatic N) is 1. The lowest BCUT2D eigenvalue weighted by molar-refractivity contribution is -0.124. The fourth-order valence-corrected chi connectivity index (χ4v) is 2.44. The molecule has 4 nitrogen and oxygen atoms in total. The average Bonchev–Trinajstić information content (AvgIpc) is 2.56. The average molecular weight is 328 g/mol. The molecule has 0 spiro atoms. The van der Waals surface area contributed by atoms with E-state index in [4.69, 9.17) is 5.73 Å². The van der Waals surface area contributed by atoms with E-state index in [0.29, 0.717) is 6.54 Å². The number of nitrogens with two attached hydrogens (primary N) is 1. The summed E-state index contributed by atoms with van der Waals surface area (Å²) in [5, 5.41) is 3.99. The van der Waals surface area contributed by atoms with Gasteiger partial charge in [-0.15, -0.1) is 36.2 Å². The monoisotopic (exact) mass is 327 g/mol. The molecular weight excluding hydrogens is 305 g/mol. The maximum atomic E-state index is 11.7. The van der Waals surface area contributed by atoms with Crippen molar-refractivity contribution in [3.8, 4) is 0 Å². The number of halogens is 2. The zero-order valence-electron chi connectivity index (χ0n) is 11.7. The number of carbonyl (C=O) groups is 1. The van der Waals surface area contributed by atoms with Crippen LogP contribution in [0.4, 0.5) is 0 Å². The molecule has 0 bridgehead atoms. The highest BCUT2D eigenvalue weighted by Crippen LogP contribution is 2.17. The van der Waals surface area contributed by atoms with Gasteiger partial charge >= 0.3 is 0 Å². The van der Waals surface area contributed by atoms with Crippen LogP contribution in [0, 0.1) is 19.8 Å². The van der Waals surface area contributed by atoms with Crippen molar-refractivity contribution >= 4 is 42.1 Å². The van der Waals surface area contributed by atoms with E-state index < -0.39 is 0 Å². The van der Waals surface area contributed by atoms with Crippen LogP contribution in [0.5, 0.6) is 0 Å². The van der Waals surface area contributed by atoms with E-state index in [2.05, 4.69) is 10.3 Å². The Balaban J connectivity index is 0. The van der Waals surface area contributed by atoms with Crippen molar-refractivity contribution in [2.24, 2.45) is 11.7 Å². The highest BCUT2D eigenvalue weighted by atomic mass is 35.5. The summed E-state index contributed by atoms with van der Waals surface area (Å²) in [6.07, 6.45) is 0.842. The zero-order valence-corrected chi connectivity index (χ0v) is 14.2. The topological polar surface area (TPSA) is 68.0 Å². The molecule has 0 aromatic carbocycles. The Morgan fingerprint density at radius 3 is 2.37 bits per heavy atom. The van der Waals surface area contributed by atoms with Crippen molar-refractivity contribution in [1.29, 1.82) is 0 Å². The number of aryl methyl sites for hydroxylation is 2. The summed E-state index contributed by atoms with van der Waals surface area (Å²) in [6.45, 7) is 8.35. The molecule has 1 amide bonds. The maximum Gasteiger partial charge on any atom is 0.224 e. The fraction of sp³-hybridized carbons (Fsp3) is 0.667. The van der Waals surface area contributed by atoms with Crippen LogP contribution in [0.2, 0.25) is 0 Å². The molecule has 0 saturated heterocycles. The molecular formula is C12H23Cl2N3OS. The second kappa shape index (κ2) is 9.53. The van der Waals surface area contributed by atoms with Crippen LogP contribution in [0.15, 0.2) is 0 Å². The van der Waals surface area contributed by atoms with Crippen molar-refractivity contribution in [3.05, 3.63) is 15.6 Å². The lowest BCUT2D eigenvalue weighted by Gasteiger charge is -2.14. The van der Waals surface area contributed by atoms with Crippen LogP contribution < -0.4 is 11.1 Å². The summed E-state index contributed by atoms with van der Waals surface area (Å²) in [5.41, 5.74) is 6.75. The van der Waals surface area contributed by atoms with Gasteiger partial charge in [0.15, 0.2) is 0 Å². The number of aromatic nitrogens is 1. The summed E-state index contributed by atoms with van der Waals surface area (Å²) in [4.78, 5) is 17.3. The summed E-state index contributed by atoms with van der Waals surface area (Å²) < 4.78 is 0. The zero-order chi connectivity index (χ0) is 13.0. The second-order valence-corrected chi connectivity index (χ2v) is 5.72. The minimum atomic E-state index is -0.140. The number of hydrogen-bond acceptors (Lipinski definition) is 4. The molecule has 0 fully saturated rings. The third kappa shape index (κ3) is 6.56. The summed E-state index contributed by atoms with van der Waals surface area (Å²) in [6, 6.07) is -0.109. The fourth-order valence-electron chi connectivity index (χ4n) is 1.50. The first-order valence-electron chi connectivity index (χ1n) is 5.88. The number of amides is 1. The van der Waals surface area contributed by atoms with E-state index >= 15 is 0 Å². The molecule has 1 rings (SSSR count). The van der Waals surface area contributed by atoms with E-state index in [1.54, 1.807) is 11.3 Å². The van der Waals surface area contributed by atoms with Gasteiger partial charge in [-0.2, -0.15) is 0 Å². The Hall–Kier alpha value is -0.360. The Kier molecular flexibility index (Phi) is 10.5. The van der Waals surface area contributed by atoms with Crippen LogP contribution >= 0.6 is 36.2 Å². The van der Waals surface area contributed by atoms with Gasteiger partial charge in [-0.1, -0.05) is 6.92 Å². The Labute approximate surface area is 131 Å². The van der Waals surface area contributed by atoms with Crippen LogP contribution in [-0.2, 0) is 11.2 Å². The standard InChI is InChI=1S/C12H21N3OS.2ClH/c1-7(8(2)13)12(16)14-6-5-11-9(3)15-10(4)17-11;;/h7-8H,5-6,13H2,1-4H3,(H,14,16);2*1H. The molecule has 0 aliphatic carbocycles. The molecule has 0 saturated carbocycles. The number of carbonyl (C=O) groups excluding carboxylic acids is 1. The maximum absolute atomic E-state index is 11.7. The molecule has 1 aromatic rings. The van der Waals surface area contributed by atoms with Crippen molar-refractivity contribution < 1.29 is 4.79 Å². The number of hydrogen-bond donors (Lipinski definition) is 2. The predicted molar refractivity (Wildman–Crippen MR) is 85.6 cm³/mol. The highest BCUT2D eigenvalue weighted by molar-refractivity contribution is 7.11. The quantitative estimate of drug-likeness (QED) is 0.871. The molecule has 2 unspecified atom stereocenters.